The molecule has 3 N–H and O–H groups in total. The highest BCUT2D eigenvalue weighted by atomic mass is 35.5. The smallest absolute Gasteiger partial charge is 0.257 e. The number of amides is 2. The van der Waals surface area contributed by atoms with Gasteiger partial charge in [0.1, 0.15) is 0 Å². The number of hydrogen-bond acceptors (Lipinski definition) is 3. The van der Waals surface area contributed by atoms with Crippen LogP contribution in [0.2, 0.25) is 5.02 Å². The van der Waals surface area contributed by atoms with Gasteiger partial charge in [-0.1, -0.05) is 50.6 Å². The van der Waals surface area contributed by atoms with Crippen molar-refractivity contribution in [3.8, 4) is 0 Å². The Kier molecular flexibility index (Phi) is 6.34. The summed E-state index contributed by atoms with van der Waals surface area (Å²) in [6.45, 7) is 5.40. The van der Waals surface area contributed by atoms with Gasteiger partial charge in [0.05, 0.1) is 10.6 Å². The molecule has 136 valence electrons. The van der Waals surface area contributed by atoms with Gasteiger partial charge in [0, 0.05) is 16.8 Å². The lowest BCUT2D eigenvalue weighted by atomic mass is 9.96. The van der Waals surface area contributed by atoms with Crippen molar-refractivity contribution in [2.45, 2.75) is 20.8 Å². The second-order valence-corrected chi connectivity index (χ2v) is 7.49. The van der Waals surface area contributed by atoms with E-state index >= 15 is 0 Å². The summed E-state index contributed by atoms with van der Waals surface area (Å²) in [7, 11) is 0. The van der Waals surface area contributed by atoms with Crippen LogP contribution < -0.4 is 16.0 Å². The molecule has 0 spiro atoms. The molecule has 0 aliphatic carbocycles. The van der Waals surface area contributed by atoms with Crippen LogP contribution in [-0.4, -0.2) is 16.9 Å². The van der Waals surface area contributed by atoms with Gasteiger partial charge >= 0.3 is 0 Å². The van der Waals surface area contributed by atoms with E-state index in [4.69, 9.17) is 23.8 Å². The maximum Gasteiger partial charge on any atom is 0.257 e. The highest BCUT2D eigenvalue weighted by molar-refractivity contribution is 7.80. The van der Waals surface area contributed by atoms with Crippen LogP contribution in [0.15, 0.2) is 48.5 Å². The first-order chi connectivity index (χ1) is 12.2. The zero-order valence-electron chi connectivity index (χ0n) is 14.7. The van der Waals surface area contributed by atoms with E-state index in [-0.39, 0.29) is 16.9 Å². The molecule has 2 rings (SSSR count). The first-order valence-corrected chi connectivity index (χ1v) is 8.74. The number of benzene rings is 2. The van der Waals surface area contributed by atoms with E-state index in [9.17, 15) is 9.59 Å². The first-order valence-electron chi connectivity index (χ1n) is 7.95. The van der Waals surface area contributed by atoms with Crippen molar-refractivity contribution in [3.05, 3.63) is 59.1 Å². The molecule has 2 aromatic carbocycles. The minimum atomic E-state index is -0.545. The van der Waals surface area contributed by atoms with Gasteiger partial charge in [-0.05, 0) is 42.5 Å². The van der Waals surface area contributed by atoms with Gasteiger partial charge in [0.25, 0.3) is 5.91 Å². The molecule has 7 heteroatoms. The van der Waals surface area contributed by atoms with Crippen LogP contribution >= 0.6 is 23.8 Å². The summed E-state index contributed by atoms with van der Waals surface area (Å²) >= 11 is 11.2. The van der Waals surface area contributed by atoms with Crippen molar-refractivity contribution >= 4 is 52.1 Å². The Morgan fingerprint density at radius 3 is 2.19 bits per heavy atom. The predicted molar refractivity (Wildman–Crippen MR) is 110 cm³/mol. The molecule has 0 bridgehead atoms. The summed E-state index contributed by atoms with van der Waals surface area (Å²) in [5.41, 5.74) is 1.06. The number of anilines is 2. The summed E-state index contributed by atoms with van der Waals surface area (Å²) in [6, 6.07) is 13.8. The molecule has 0 aromatic heterocycles. The van der Waals surface area contributed by atoms with E-state index in [0.29, 0.717) is 22.0 Å². The van der Waals surface area contributed by atoms with Gasteiger partial charge in [-0.25, -0.2) is 0 Å². The second kappa shape index (κ2) is 8.29. The van der Waals surface area contributed by atoms with E-state index in [0.717, 1.165) is 0 Å². The molecule has 0 heterocycles. The Labute approximate surface area is 163 Å². The molecular formula is C19H20ClN3O2S. The predicted octanol–water partition coefficient (Wildman–Crippen LogP) is 4.45. The Balaban J connectivity index is 2.04. The Morgan fingerprint density at radius 2 is 1.58 bits per heavy atom. The van der Waals surface area contributed by atoms with Crippen molar-refractivity contribution in [2.75, 3.05) is 10.6 Å². The van der Waals surface area contributed by atoms with E-state index in [1.165, 1.54) is 0 Å². The number of hydrogen-bond donors (Lipinski definition) is 3. The normalized spacial score (nSPS) is 10.8. The number of halogens is 1. The van der Waals surface area contributed by atoms with Crippen LogP contribution in [0.25, 0.3) is 0 Å². The van der Waals surface area contributed by atoms with E-state index in [1.54, 1.807) is 69.3 Å². The standard InChI is InChI=1S/C19H20ClN3O2S/c1-19(2,3)17(25)23-18(26)22-13-8-6-7-12(11-13)21-16(24)14-9-4-5-10-15(14)20/h4-11H,1-3H3,(H,21,24)(H2,22,23,25,26). The third-order valence-corrected chi connectivity index (χ3v) is 3.94. The van der Waals surface area contributed by atoms with E-state index < -0.39 is 5.41 Å². The molecule has 0 saturated heterocycles. The highest BCUT2D eigenvalue weighted by Crippen LogP contribution is 2.19. The third kappa shape index (κ3) is 5.54. The van der Waals surface area contributed by atoms with Crippen LogP contribution in [0, 0.1) is 5.41 Å². The summed E-state index contributed by atoms with van der Waals surface area (Å²) in [5.74, 6) is -0.491. The summed E-state index contributed by atoms with van der Waals surface area (Å²) in [5, 5.41) is 8.93. The molecule has 26 heavy (non-hydrogen) atoms. The number of rotatable bonds is 3. The van der Waals surface area contributed by atoms with Gasteiger partial charge in [0.15, 0.2) is 5.11 Å². The van der Waals surface area contributed by atoms with Crippen LogP contribution in [-0.2, 0) is 4.79 Å². The molecule has 2 amide bonds. The van der Waals surface area contributed by atoms with Gasteiger partial charge < -0.3 is 16.0 Å². The van der Waals surface area contributed by atoms with Crippen LogP contribution in [0.3, 0.4) is 0 Å². The number of thiocarbonyl (C=S) groups is 1. The number of nitrogens with one attached hydrogen (secondary N) is 3. The minimum Gasteiger partial charge on any atom is -0.332 e. The summed E-state index contributed by atoms with van der Waals surface area (Å²) < 4.78 is 0. The monoisotopic (exact) mass is 389 g/mol. The van der Waals surface area contributed by atoms with Gasteiger partial charge in [-0.3, -0.25) is 9.59 Å². The number of carbonyl (C=O) groups excluding carboxylic acids is 2. The van der Waals surface area contributed by atoms with Crippen molar-refractivity contribution < 1.29 is 9.59 Å². The fourth-order valence-corrected chi connectivity index (χ4v) is 2.40. The second-order valence-electron chi connectivity index (χ2n) is 6.67. The largest absolute Gasteiger partial charge is 0.332 e. The van der Waals surface area contributed by atoms with Crippen LogP contribution in [0.4, 0.5) is 11.4 Å². The molecule has 0 atom stereocenters. The molecule has 0 unspecified atom stereocenters. The fraction of sp³-hybridized carbons (Fsp3) is 0.211. The molecule has 0 radical (unpaired) electrons. The molecule has 0 saturated carbocycles. The SMILES string of the molecule is CC(C)(C)C(=O)NC(=S)Nc1cccc(NC(=O)c2ccccc2Cl)c1. The molecule has 0 aliphatic rings. The molecule has 5 nitrogen and oxygen atoms in total. The van der Waals surface area contributed by atoms with Crippen molar-refractivity contribution in [1.29, 1.82) is 0 Å². The molecule has 2 aromatic rings. The van der Waals surface area contributed by atoms with Crippen molar-refractivity contribution in [3.63, 3.8) is 0 Å². The molecular weight excluding hydrogens is 370 g/mol. The quantitative estimate of drug-likeness (QED) is 0.678. The highest BCUT2D eigenvalue weighted by Gasteiger charge is 2.22. The fourth-order valence-electron chi connectivity index (χ4n) is 1.97. The Bertz CT molecular complexity index is 847. The summed E-state index contributed by atoms with van der Waals surface area (Å²) in [4.78, 5) is 24.3. The average Bonchev–Trinajstić information content (AvgIpc) is 2.54. The topological polar surface area (TPSA) is 70.2 Å². The van der Waals surface area contributed by atoms with Gasteiger partial charge in [-0.2, -0.15) is 0 Å². The lowest BCUT2D eigenvalue weighted by Crippen LogP contribution is -2.41. The first kappa shape index (κ1) is 19.9. The minimum absolute atomic E-state index is 0.182. The van der Waals surface area contributed by atoms with Crippen LogP contribution in [0.5, 0.6) is 0 Å². The third-order valence-electron chi connectivity index (χ3n) is 3.41. The lowest BCUT2D eigenvalue weighted by molar-refractivity contribution is -0.126. The average molecular weight is 390 g/mol. The molecule has 0 aliphatic heterocycles. The summed E-state index contributed by atoms with van der Waals surface area (Å²) in [6.07, 6.45) is 0. The maximum atomic E-state index is 12.3. The van der Waals surface area contributed by atoms with Gasteiger partial charge in [-0.15, -0.1) is 0 Å². The zero-order valence-corrected chi connectivity index (χ0v) is 16.3. The lowest BCUT2D eigenvalue weighted by Gasteiger charge is -2.18. The molecule has 0 fully saturated rings. The van der Waals surface area contributed by atoms with E-state index in [1.807, 2.05) is 0 Å². The Morgan fingerprint density at radius 1 is 0.962 bits per heavy atom. The van der Waals surface area contributed by atoms with Crippen molar-refractivity contribution in [1.82, 2.24) is 5.32 Å². The maximum absolute atomic E-state index is 12.3. The van der Waals surface area contributed by atoms with Gasteiger partial charge in [0.2, 0.25) is 5.91 Å². The van der Waals surface area contributed by atoms with Crippen LogP contribution in [0.1, 0.15) is 31.1 Å². The Hall–Kier alpha value is -2.44. The van der Waals surface area contributed by atoms with E-state index in [2.05, 4.69) is 16.0 Å². The van der Waals surface area contributed by atoms with Crippen molar-refractivity contribution in [2.24, 2.45) is 5.41 Å². The zero-order chi connectivity index (χ0) is 19.3. The number of carbonyl (C=O) groups is 2.